The molecule has 0 amide bonds. The second-order valence-electron chi connectivity index (χ2n) is 6.48. The predicted octanol–water partition coefficient (Wildman–Crippen LogP) is 4.22. The van der Waals surface area contributed by atoms with Gasteiger partial charge in [-0.05, 0) is 43.7 Å². The number of likely N-dealkylation sites (tertiary alicyclic amines) is 1. The molecule has 0 radical (unpaired) electrons. The first-order valence-corrected chi connectivity index (χ1v) is 8.29. The van der Waals surface area contributed by atoms with E-state index in [-0.39, 0.29) is 0 Å². The molecule has 0 unspecified atom stereocenters. The molecular formula is C19H19F2N3. The van der Waals surface area contributed by atoms with Gasteiger partial charge in [0.1, 0.15) is 17.3 Å². The van der Waals surface area contributed by atoms with E-state index < -0.39 is 11.6 Å². The van der Waals surface area contributed by atoms with Gasteiger partial charge in [0.05, 0.1) is 0 Å². The van der Waals surface area contributed by atoms with Gasteiger partial charge in [-0.1, -0.05) is 6.07 Å². The minimum atomic E-state index is -0.529. The van der Waals surface area contributed by atoms with Crippen LogP contribution in [0.25, 0.3) is 11.0 Å². The minimum absolute atomic E-state index is 0.386. The molecule has 2 aromatic heterocycles. The van der Waals surface area contributed by atoms with Crippen LogP contribution in [0.15, 0.2) is 42.6 Å². The number of piperidine rings is 1. The zero-order valence-corrected chi connectivity index (χ0v) is 13.3. The topological polar surface area (TPSA) is 31.9 Å². The maximum atomic E-state index is 13.9. The lowest BCUT2D eigenvalue weighted by molar-refractivity contribution is 0.196. The van der Waals surface area contributed by atoms with Gasteiger partial charge < -0.3 is 4.98 Å². The molecule has 1 aliphatic rings. The van der Waals surface area contributed by atoms with Crippen molar-refractivity contribution in [1.29, 1.82) is 0 Å². The lowest BCUT2D eigenvalue weighted by Crippen LogP contribution is -2.34. The van der Waals surface area contributed by atoms with Crippen molar-refractivity contribution in [2.45, 2.75) is 25.3 Å². The number of halogens is 2. The zero-order chi connectivity index (χ0) is 16.5. The third-order valence-corrected chi connectivity index (χ3v) is 4.77. The summed E-state index contributed by atoms with van der Waals surface area (Å²) in [6.07, 6.45) is 3.96. The Hall–Kier alpha value is -2.27. The summed E-state index contributed by atoms with van der Waals surface area (Å²) in [5.41, 5.74) is 2.65. The van der Waals surface area contributed by atoms with Crippen molar-refractivity contribution in [2.24, 2.45) is 0 Å². The molecule has 0 saturated carbocycles. The van der Waals surface area contributed by atoms with Crippen molar-refractivity contribution < 1.29 is 8.78 Å². The number of aromatic amines is 1. The maximum Gasteiger partial charge on any atom is 0.137 e. The van der Waals surface area contributed by atoms with E-state index in [2.05, 4.69) is 27.0 Å². The van der Waals surface area contributed by atoms with Gasteiger partial charge in [-0.2, -0.15) is 0 Å². The fourth-order valence-corrected chi connectivity index (χ4v) is 3.54. The Kier molecular flexibility index (Phi) is 4.02. The smallest absolute Gasteiger partial charge is 0.137 e. The van der Waals surface area contributed by atoms with Crippen LogP contribution >= 0.6 is 0 Å². The van der Waals surface area contributed by atoms with E-state index in [1.54, 1.807) is 12.3 Å². The van der Waals surface area contributed by atoms with Gasteiger partial charge in [-0.15, -0.1) is 0 Å². The Morgan fingerprint density at radius 3 is 2.96 bits per heavy atom. The van der Waals surface area contributed by atoms with Crippen LogP contribution in [-0.4, -0.2) is 28.0 Å². The van der Waals surface area contributed by atoms with Gasteiger partial charge in [0.15, 0.2) is 0 Å². The summed E-state index contributed by atoms with van der Waals surface area (Å²) in [4.78, 5) is 10.00. The molecule has 1 aliphatic heterocycles. The van der Waals surface area contributed by atoms with Gasteiger partial charge in [0, 0.05) is 47.9 Å². The normalized spacial score (nSPS) is 19.0. The largest absolute Gasteiger partial charge is 0.343 e. The van der Waals surface area contributed by atoms with E-state index >= 15 is 0 Å². The zero-order valence-electron chi connectivity index (χ0n) is 13.3. The van der Waals surface area contributed by atoms with E-state index in [1.807, 2.05) is 6.07 Å². The van der Waals surface area contributed by atoms with Crippen molar-refractivity contribution >= 4 is 11.0 Å². The molecule has 1 saturated heterocycles. The Balaban J connectivity index is 1.51. The summed E-state index contributed by atoms with van der Waals surface area (Å²) < 4.78 is 26.9. The standard InChI is InChI=1S/C19H19F2N3/c20-16-6-5-14(17(21)10-16)11-24-8-2-4-15(12-24)18-9-13-3-1-7-22-19(13)23-18/h1,3,5-7,9-10,15H,2,4,8,11-12H2,(H,22,23)/t15-/m0/s1. The molecule has 3 nitrogen and oxygen atoms in total. The summed E-state index contributed by atoms with van der Waals surface area (Å²) >= 11 is 0. The number of nitrogens with one attached hydrogen (secondary N) is 1. The summed E-state index contributed by atoms with van der Waals surface area (Å²) in [5.74, 6) is -0.609. The van der Waals surface area contributed by atoms with Crippen LogP contribution in [0.4, 0.5) is 8.78 Å². The number of benzene rings is 1. The molecule has 124 valence electrons. The first-order chi connectivity index (χ1) is 11.7. The number of aromatic nitrogens is 2. The number of nitrogens with zero attached hydrogens (tertiary/aromatic N) is 2. The second-order valence-corrected chi connectivity index (χ2v) is 6.48. The summed E-state index contributed by atoms with van der Waals surface area (Å²) in [7, 11) is 0. The molecule has 5 heteroatoms. The fraction of sp³-hybridized carbons (Fsp3) is 0.316. The Labute approximate surface area is 139 Å². The van der Waals surface area contributed by atoms with Gasteiger partial charge in [-0.25, -0.2) is 13.8 Å². The number of fused-ring (bicyclic) bond motifs is 1. The molecule has 0 bridgehead atoms. The summed E-state index contributed by atoms with van der Waals surface area (Å²) in [6.45, 7) is 2.32. The Morgan fingerprint density at radius 1 is 1.21 bits per heavy atom. The van der Waals surface area contributed by atoms with Crippen molar-refractivity contribution in [3.63, 3.8) is 0 Å². The van der Waals surface area contributed by atoms with Gasteiger partial charge in [0.2, 0.25) is 0 Å². The molecule has 0 spiro atoms. The van der Waals surface area contributed by atoms with Crippen LogP contribution in [0, 0.1) is 11.6 Å². The quantitative estimate of drug-likeness (QED) is 0.781. The molecule has 1 fully saturated rings. The lowest BCUT2D eigenvalue weighted by Gasteiger charge is -2.32. The first-order valence-electron chi connectivity index (χ1n) is 8.29. The first kappa shape index (κ1) is 15.3. The van der Waals surface area contributed by atoms with Crippen LogP contribution in [0.5, 0.6) is 0 Å². The van der Waals surface area contributed by atoms with Crippen molar-refractivity contribution in [2.75, 3.05) is 13.1 Å². The molecule has 1 N–H and O–H groups in total. The van der Waals surface area contributed by atoms with E-state index in [4.69, 9.17) is 0 Å². The summed E-state index contributed by atoms with van der Waals surface area (Å²) in [6, 6.07) is 9.97. The highest BCUT2D eigenvalue weighted by Crippen LogP contribution is 2.29. The van der Waals surface area contributed by atoms with E-state index in [9.17, 15) is 8.78 Å². The van der Waals surface area contributed by atoms with Crippen LogP contribution < -0.4 is 0 Å². The molecule has 1 aromatic carbocycles. The van der Waals surface area contributed by atoms with E-state index in [0.29, 0.717) is 18.0 Å². The van der Waals surface area contributed by atoms with Crippen LogP contribution in [0.3, 0.4) is 0 Å². The second kappa shape index (κ2) is 6.32. The highest BCUT2D eigenvalue weighted by atomic mass is 19.1. The average molecular weight is 327 g/mol. The fourth-order valence-electron chi connectivity index (χ4n) is 3.54. The molecular weight excluding hydrogens is 308 g/mol. The molecule has 3 heterocycles. The number of pyridine rings is 1. The molecule has 24 heavy (non-hydrogen) atoms. The van der Waals surface area contributed by atoms with Gasteiger partial charge in [-0.3, -0.25) is 4.90 Å². The monoisotopic (exact) mass is 327 g/mol. The Morgan fingerprint density at radius 2 is 2.12 bits per heavy atom. The van der Waals surface area contributed by atoms with E-state index in [0.717, 1.165) is 43.0 Å². The van der Waals surface area contributed by atoms with Crippen LogP contribution in [-0.2, 0) is 6.54 Å². The van der Waals surface area contributed by atoms with Crippen molar-refractivity contribution in [3.05, 3.63) is 65.5 Å². The molecule has 0 aliphatic carbocycles. The number of rotatable bonds is 3. The molecule has 1 atom stereocenters. The summed E-state index contributed by atoms with van der Waals surface area (Å²) in [5, 5.41) is 1.12. The van der Waals surface area contributed by atoms with Crippen LogP contribution in [0.1, 0.15) is 30.0 Å². The maximum absolute atomic E-state index is 13.9. The molecule has 4 rings (SSSR count). The highest BCUT2D eigenvalue weighted by Gasteiger charge is 2.23. The average Bonchev–Trinajstić information content (AvgIpc) is 3.02. The van der Waals surface area contributed by atoms with Crippen molar-refractivity contribution in [1.82, 2.24) is 14.9 Å². The lowest BCUT2D eigenvalue weighted by atomic mass is 9.94. The number of hydrogen-bond donors (Lipinski definition) is 1. The predicted molar refractivity (Wildman–Crippen MR) is 89.7 cm³/mol. The van der Waals surface area contributed by atoms with Gasteiger partial charge in [0.25, 0.3) is 0 Å². The van der Waals surface area contributed by atoms with Gasteiger partial charge >= 0.3 is 0 Å². The number of H-pyrrole nitrogens is 1. The number of hydrogen-bond acceptors (Lipinski definition) is 2. The van der Waals surface area contributed by atoms with E-state index in [1.165, 1.54) is 11.8 Å². The third kappa shape index (κ3) is 3.04. The SMILES string of the molecule is Fc1ccc(CN2CCC[C@H](c3cc4cccnc4[nH]3)C2)c(F)c1. The van der Waals surface area contributed by atoms with Crippen LogP contribution in [0.2, 0.25) is 0 Å². The molecule has 3 aromatic rings. The Bertz CT molecular complexity index is 826. The van der Waals surface area contributed by atoms with Crippen molar-refractivity contribution in [3.8, 4) is 0 Å². The minimum Gasteiger partial charge on any atom is -0.343 e. The third-order valence-electron chi connectivity index (χ3n) is 4.77. The highest BCUT2D eigenvalue weighted by molar-refractivity contribution is 5.76.